The monoisotopic (exact) mass is 501 g/mol. The number of amides is 2. The Morgan fingerprint density at radius 3 is 2.26 bits per heavy atom. The van der Waals surface area contributed by atoms with Crippen LogP contribution in [0.15, 0.2) is 48.5 Å². The van der Waals surface area contributed by atoms with Crippen molar-refractivity contribution in [1.29, 1.82) is 0 Å². The van der Waals surface area contributed by atoms with Gasteiger partial charge in [0.05, 0.1) is 11.9 Å². The highest BCUT2D eigenvalue weighted by atomic mass is 32.2. The Morgan fingerprint density at radius 2 is 1.69 bits per heavy atom. The molecule has 0 aliphatic carbocycles. The van der Waals surface area contributed by atoms with Gasteiger partial charge in [0.1, 0.15) is 6.04 Å². The lowest BCUT2D eigenvalue weighted by molar-refractivity contribution is -0.141. The SMILES string of the molecule is CCCNC(=O)C(CC)N(Cc1cccc(C)c1)C(=O)CCCN(c1ccc(C)cc1)S(C)(=O)=O. The summed E-state index contributed by atoms with van der Waals surface area (Å²) in [5.41, 5.74) is 3.65. The molecule has 7 nitrogen and oxygen atoms in total. The first-order valence-electron chi connectivity index (χ1n) is 12.2. The summed E-state index contributed by atoms with van der Waals surface area (Å²) in [6, 6.07) is 14.6. The molecule has 1 N–H and O–H groups in total. The third kappa shape index (κ3) is 8.69. The number of carbonyl (C=O) groups excluding carboxylic acids is 2. The van der Waals surface area contributed by atoms with E-state index in [-0.39, 0.29) is 24.8 Å². The molecule has 35 heavy (non-hydrogen) atoms. The Bertz CT molecular complexity index is 1080. The molecular weight excluding hydrogens is 462 g/mol. The van der Waals surface area contributed by atoms with Gasteiger partial charge in [0.25, 0.3) is 0 Å². The third-order valence-electron chi connectivity index (χ3n) is 5.84. The highest BCUT2D eigenvalue weighted by Crippen LogP contribution is 2.20. The third-order valence-corrected chi connectivity index (χ3v) is 7.04. The van der Waals surface area contributed by atoms with E-state index in [4.69, 9.17) is 0 Å². The fourth-order valence-electron chi connectivity index (χ4n) is 4.01. The number of anilines is 1. The van der Waals surface area contributed by atoms with Crippen LogP contribution in [0.5, 0.6) is 0 Å². The summed E-state index contributed by atoms with van der Waals surface area (Å²) in [5.74, 6) is -0.324. The largest absolute Gasteiger partial charge is 0.354 e. The van der Waals surface area contributed by atoms with Crippen molar-refractivity contribution in [2.45, 2.75) is 66.0 Å². The highest BCUT2D eigenvalue weighted by molar-refractivity contribution is 7.92. The molecular formula is C27H39N3O4S. The number of carbonyl (C=O) groups is 2. The minimum Gasteiger partial charge on any atom is -0.354 e. The zero-order valence-corrected chi connectivity index (χ0v) is 22.4. The second-order valence-electron chi connectivity index (χ2n) is 9.00. The second kappa shape index (κ2) is 13.3. The normalized spacial score (nSPS) is 12.1. The molecule has 0 aliphatic rings. The molecule has 2 aromatic rings. The molecule has 192 valence electrons. The fourth-order valence-corrected chi connectivity index (χ4v) is 4.97. The summed E-state index contributed by atoms with van der Waals surface area (Å²) in [4.78, 5) is 27.9. The van der Waals surface area contributed by atoms with Crippen LogP contribution in [0.3, 0.4) is 0 Å². The Kier molecular flexibility index (Phi) is 10.8. The van der Waals surface area contributed by atoms with E-state index in [1.54, 1.807) is 17.0 Å². The molecule has 1 unspecified atom stereocenters. The summed E-state index contributed by atoms with van der Waals surface area (Å²) >= 11 is 0. The number of benzene rings is 2. The first-order chi connectivity index (χ1) is 16.6. The number of aryl methyl sites for hydroxylation is 2. The van der Waals surface area contributed by atoms with Crippen LogP contribution in [0.4, 0.5) is 5.69 Å². The molecule has 0 bridgehead atoms. The van der Waals surface area contributed by atoms with E-state index in [9.17, 15) is 18.0 Å². The van der Waals surface area contributed by atoms with E-state index >= 15 is 0 Å². The predicted octanol–water partition coefficient (Wildman–Crippen LogP) is 4.18. The maximum Gasteiger partial charge on any atom is 0.242 e. The van der Waals surface area contributed by atoms with Gasteiger partial charge in [-0.1, -0.05) is 61.4 Å². The average Bonchev–Trinajstić information content (AvgIpc) is 2.80. The lowest BCUT2D eigenvalue weighted by Gasteiger charge is -2.31. The van der Waals surface area contributed by atoms with Crippen LogP contribution in [0.25, 0.3) is 0 Å². The standard InChI is InChI=1S/C27H39N3O4S/c1-6-17-28-27(32)25(7-2)29(20-23-11-8-10-22(4)19-23)26(31)12-9-18-30(35(5,33)34)24-15-13-21(3)14-16-24/h8,10-11,13-16,19,25H,6-7,9,12,17-18,20H2,1-5H3,(H,28,32). The number of hydrogen-bond donors (Lipinski definition) is 1. The van der Waals surface area contributed by atoms with Crippen LogP contribution in [-0.4, -0.2) is 50.5 Å². The smallest absolute Gasteiger partial charge is 0.242 e. The van der Waals surface area contributed by atoms with Crippen LogP contribution in [0.2, 0.25) is 0 Å². The Labute approximate surface area is 210 Å². The van der Waals surface area contributed by atoms with Gasteiger partial charge in [0, 0.05) is 26.1 Å². The molecule has 8 heteroatoms. The second-order valence-corrected chi connectivity index (χ2v) is 10.9. The lowest BCUT2D eigenvalue weighted by atomic mass is 10.1. The maximum absolute atomic E-state index is 13.4. The van der Waals surface area contributed by atoms with Gasteiger partial charge in [-0.25, -0.2) is 8.42 Å². The fraction of sp³-hybridized carbons (Fsp3) is 0.481. The molecule has 2 aromatic carbocycles. The van der Waals surface area contributed by atoms with E-state index in [0.29, 0.717) is 31.6 Å². The predicted molar refractivity (Wildman–Crippen MR) is 142 cm³/mol. The average molecular weight is 502 g/mol. The molecule has 0 saturated carbocycles. The first kappa shape index (κ1) is 28.4. The van der Waals surface area contributed by atoms with Crippen LogP contribution in [-0.2, 0) is 26.2 Å². The molecule has 0 saturated heterocycles. The van der Waals surface area contributed by atoms with Crippen LogP contribution >= 0.6 is 0 Å². The maximum atomic E-state index is 13.4. The van der Waals surface area contributed by atoms with Crippen LogP contribution in [0, 0.1) is 13.8 Å². The quantitative estimate of drug-likeness (QED) is 0.446. The molecule has 0 aromatic heterocycles. The van der Waals surface area contributed by atoms with Gasteiger partial charge in [0.2, 0.25) is 21.8 Å². The van der Waals surface area contributed by atoms with Crippen molar-refractivity contribution in [2.24, 2.45) is 0 Å². The summed E-state index contributed by atoms with van der Waals surface area (Å²) in [6.07, 6.45) is 2.96. The summed E-state index contributed by atoms with van der Waals surface area (Å²) < 4.78 is 26.2. The first-order valence-corrected chi connectivity index (χ1v) is 14.1. The summed E-state index contributed by atoms with van der Waals surface area (Å²) in [7, 11) is -3.50. The summed E-state index contributed by atoms with van der Waals surface area (Å²) in [6.45, 7) is 8.88. The van der Waals surface area contributed by atoms with Crippen molar-refractivity contribution < 1.29 is 18.0 Å². The van der Waals surface area contributed by atoms with E-state index < -0.39 is 16.1 Å². The molecule has 0 spiro atoms. The van der Waals surface area contributed by atoms with Crippen molar-refractivity contribution in [3.63, 3.8) is 0 Å². The Hall–Kier alpha value is -2.87. The minimum atomic E-state index is -3.50. The van der Waals surface area contributed by atoms with Gasteiger partial charge in [0.15, 0.2) is 0 Å². The van der Waals surface area contributed by atoms with E-state index in [1.807, 2.05) is 64.1 Å². The Morgan fingerprint density at radius 1 is 1.00 bits per heavy atom. The van der Waals surface area contributed by atoms with Crippen LogP contribution < -0.4 is 9.62 Å². The molecule has 2 amide bonds. The molecule has 0 fully saturated rings. The van der Waals surface area contributed by atoms with Gasteiger partial charge < -0.3 is 10.2 Å². The zero-order chi connectivity index (χ0) is 26.0. The topological polar surface area (TPSA) is 86.8 Å². The number of hydrogen-bond acceptors (Lipinski definition) is 4. The van der Waals surface area contributed by atoms with Gasteiger partial charge in [-0.05, 0) is 50.8 Å². The number of sulfonamides is 1. The molecule has 1 atom stereocenters. The van der Waals surface area contributed by atoms with E-state index in [1.165, 1.54) is 10.6 Å². The lowest BCUT2D eigenvalue weighted by Crippen LogP contribution is -2.49. The molecule has 2 rings (SSSR count). The summed E-state index contributed by atoms with van der Waals surface area (Å²) in [5, 5.41) is 2.92. The zero-order valence-electron chi connectivity index (χ0n) is 21.6. The van der Waals surface area contributed by atoms with Crippen LogP contribution in [0.1, 0.15) is 56.2 Å². The van der Waals surface area contributed by atoms with Gasteiger partial charge in [-0.15, -0.1) is 0 Å². The van der Waals surface area contributed by atoms with Crippen molar-refractivity contribution in [1.82, 2.24) is 10.2 Å². The van der Waals surface area contributed by atoms with Crippen molar-refractivity contribution in [2.75, 3.05) is 23.7 Å². The molecule has 0 radical (unpaired) electrons. The van der Waals surface area contributed by atoms with Crippen molar-refractivity contribution in [3.05, 3.63) is 65.2 Å². The van der Waals surface area contributed by atoms with Gasteiger partial charge in [-0.2, -0.15) is 0 Å². The number of rotatable bonds is 13. The van der Waals surface area contributed by atoms with E-state index in [2.05, 4.69) is 5.32 Å². The van der Waals surface area contributed by atoms with Crippen molar-refractivity contribution in [3.8, 4) is 0 Å². The minimum absolute atomic E-state index is 0.140. The van der Waals surface area contributed by atoms with Gasteiger partial charge >= 0.3 is 0 Å². The Balaban J connectivity index is 2.19. The molecule has 0 heterocycles. The molecule has 0 aliphatic heterocycles. The van der Waals surface area contributed by atoms with E-state index in [0.717, 1.165) is 23.1 Å². The number of nitrogens with one attached hydrogen (secondary N) is 1. The highest BCUT2D eigenvalue weighted by Gasteiger charge is 2.28. The van der Waals surface area contributed by atoms with Crippen molar-refractivity contribution >= 4 is 27.5 Å². The van der Waals surface area contributed by atoms with Gasteiger partial charge in [-0.3, -0.25) is 13.9 Å². The number of nitrogens with zero attached hydrogens (tertiary/aromatic N) is 2.